The fourth-order valence-corrected chi connectivity index (χ4v) is 9.31. The Bertz CT molecular complexity index is 1720. The molecule has 0 amide bonds. The summed E-state index contributed by atoms with van der Waals surface area (Å²) in [4.78, 5) is 13.3. The fourth-order valence-electron chi connectivity index (χ4n) is 3.98. The summed E-state index contributed by atoms with van der Waals surface area (Å²) in [6, 6.07) is 15.4. The molecule has 3 aromatic carbocycles. The van der Waals surface area contributed by atoms with Gasteiger partial charge in [-0.15, -0.1) is 0 Å². The van der Waals surface area contributed by atoms with E-state index in [1.165, 1.54) is 0 Å². The van der Waals surface area contributed by atoms with Gasteiger partial charge in [0.2, 0.25) is 0 Å². The van der Waals surface area contributed by atoms with Gasteiger partial charge in [0.1, 0.15) is 0 Å². The second-order valence-corrected chi connectivity index (χ2v) is 13.5. The van der Waals surface area contributed by atoms with E-state index in [4.69, 9.17) is 78.7 Å². The molecule has 200 valence electrons. The van der Waals surface area contributed by atoms with E-state index in [-0.39, 0.29) is 32.3 Å². The fraction of sp³-hybridized carbons (Fsp3) is 0. The van der Waals surface area contributed by atoms with Gasteiger partial charge < -0.3 is 0 Å². The molecule has 6 aromatic rings. The van der Waals surface area contributed by atoms with Crippen molar-refractivity contribution < 1.29 is 9.05 Å². The molecule has 0 spiro atoms. The first-order chi connectivity index (χ1) is 19.3. The summed E-state index contributed by atoms with van der Waals surface area (Å²) < 4.78 is 19.3. The van der Waals surface area contributed by atoms with Gasteiger partial charge in [-0.2, -0.15) is 0 Å². The molecule has 3 heterocycles. The van der Waals surface area contributed by atoms with Gasteiger partial charge in [-0.3, -0.25) is 0 Å². The maximum atomic E-state index is 6.61. The van der Waals surface area contributed by atoms with Crippen molar-refractivity contribution in [1.82, 2.24) is 15.0 Å². The molecule has 0 fully saturated rings. The average molecular weight is 761 g/mol. The summed E-state index contributed by atoms with van der Waals surface area (Å²) >= 11 is 35.2. The standard InChI is InChI=1S/3C9H5Cl2NO.Sb/c3*10-6-4-7(11)9(13)8-5(6)2-1-3-12-8;/h3*1-4,13H;/q;;;+3/p-3. The molecule has 0 unspecified atom stereocenters. The molecule has 40 heavy (non-hydrogen) atoms. The third-order valence-corrected chi connectivity index (χ3v) is 10.4. The Morgan fingerprint density at radius 1 is 0.450 bits per heavy atom. The van der Waals surface area contributed by atoms with Crippen molar-refractivity contribution in [2.75, 3.05) is 0 Å². The molecular formula is C27H12Cl6N3O3Sb. The van der Waals surface area contributed by atoms with Crippen LogP contribution in [-0.4, -0.2) is 36.4 Å². The molecule has 0 bridgehead atoms. The zero-order chi connectivity index (χ0) is 28.0. The minimum absolute atomic E-state index is 0.216. The van der Waals surface area contributed by atoms with E-state index < -0.39 is 21.5 Å². The van der Waals surface area contributed by atoms with Gasteiger partial charge >= 0.3 is 268 Å². The van der Waals surface area contributed by atoms with Gasteiger partial charge in [0.05, 0.1) is 0 Å². The summed E-state index contributed by atoms with van der Waals surface area (Å²) in [6.07, 6.45) is 4.81. The second kappa shape index (κ2) is 11.6. The van der Waals surface area contributed by atoms with Crippen molar-refractivity contribution >= 4 is 124 Å². The van der Waals surface area contributed by atoms with E-state index in [9.17, 15) is 0 Å². The number of benzene rings is 3. The molecule has 3 aromatic heterocycles. The third-order valence-electron chi connectivity index (χ3n) is 5.75. The van der Waals surface area contributed by atoms with Crippen LogP contribution in [0.1, 0.15) is 0 Å². The van der Waals surface area contributed by atoms with Crippen molar-refractivity contribution in [2.24, 2.45) is 0 Å². The molecule has 0 aliphatic rings. The predicted molar refractivity (Wildman–Crippen MR) is 163 cm³/mol. The van der Waals surface area contributed by atoms with Crippen molar-refractivity contribution in [3.63, 3.8) is 0 Å². The minimum atomic E-state index is -3.96. The molecule has 6 rings (SSSR count). The molecule has 0 radical (unpaired) electrons. The van der Waals surface area contributed by atoms with Crippen LogP contribution in [0, 0.1) is 0 Å². The van der Waals surface area contributed by atoms with E-state index in [1.54, 1.807) is 73.2 Å². The molecule has 6 nitrogen and oxygen atoms in total. The molecule has 0 atom stereocenters. The van der Waals surface area contributed by atoms with Crippen LogP contribution in [0.25, 0.3) is 32.7 Å². The Morgan fingerprint density at radius 3 is 1.05 bits per heavy atom. The summed E-state index contributed by atoms with van der Waals surface area (Å²) in [6.45, 7) is 0. The number of hydrogen-bond acceptors (Lipinski definition) is 6. The summed E-state index contributed by atoms with van der Waals surface area (Å²) in [5.74, 6) is 0.693. The number of nitrogens with zero attached hydrogens (tertiary/aromatic N) is 3. The van der Waals surface area contributed by atoms with Crippen LogP contribution in [0.3, 0.4) is 0 Å². The number of aromatic nitrogens is 3. The number of halogens is 6. The summed E-state index contributed by atoms with van der Waals surface area (Å²) in [5, 5.41) is 3.80. The van der Waals surface area contributed by atoms with Crippen molar-refractivity contribution in [1.29, 1.82) is 0 Å². The summed E-state index contributed by atoms with van der Waals surface area (Å²) in [5.41, 5.74) is 1.28. The Kier molecular flexibility index (Phi) is 8.13. The van der Waals surface area contributed by atoms with E-state index in [0.29, 0.717) is 47.8 Å². The van der Waals surface area contributed by atoms with Crippen LogP contribution in [0.4, 0.5) is 0 Å². The van der Waals surface area contributed by atoms with Gasteiger partial charge in [-0.1, -0.05) is 0 Å². The number of pyridine rings is 3. The summed E-state index contributed by atoms with van der Waals surface area (Å²) in [7, 11) is 0. The molecule has 0 saturated carbocycles. The molecular weight excluding hydrogens is 749 g/mol. The van der Waals surface area contributed by atoms with Crippen LogP contribution < -0.4 is 9.05 Å². The number of fused-ring (bicyclic) bond motifs is 3. The van der Waals surface area contributed by atoms with Crippen LogP contribution in [0.15, 0.2) is 73.2 Å². The first kappa shape index (κ1) is 28.0. The molecule has 13 heteroatoms. The van der Waals surface area contributed by atoms with Gasteiger partial charge in [-0.05, 0) is 0 Å². The van der Waals surface area contributed by atoms with Gasteiger partial charge in [0.15, 0.2) is 0 Å². The number of rotatable bonds is 6. The SMILES string of the molecule is Clc1cc(Cl)c2cccnc2c1[O][Sb]([O]c1c(Cl)cc(Cl)c2cccnc12)[O]c1c(Cl)cc(Cl)c2cccnc12. The average Bonchev–Trinajstić information content (AvgIpc) is 2.95. The van der Waals surface area contributed by atoms with Crippen molar-refractivity contribution in [3.8, 4) is 17.2 Å². The molecule has 0 aliphatic heterocycles. The van der Waals surface area contributed by atoms with Gasteiger partial charge in [0, 0.05) is 0 Å². The van der Waals surface area contributed by atoms with Gasteiger partial charge in [-0.25, -0.2) is 0 Å². The third kappa shape index (κ3) is 5.27. The second-order valence-electron chi connectivity index (χ2n) is 8.20. The Balaban J connectivity index is 1.52. The van der Waals surface area contributed by atoms with Crippen LogP contribution >= 0.6 is 69.6 Å². The Hall–Kier alpha value is -2.15. The zero-order valence-corrected chi connectivity index (χ0v) is 26.8. The maximum absolute atomic E-state index is 6.61. The van der Waals surface area contributed by atoms with E-state index in [1.807, 2.05) is 0 Å². The van der Waals surface area contributed by atoms with E-state index in [0.717, 1.165) is 0 Å². The first-order valence-corrected chi connectivity index (χ1v) is 16.7. The Labute approximate surface area is 266 Å². The monoisotopic (exact) mass is 757 g/mol. The van der Waals surface area contributed by atoms with Crippen LogP contribution in [0.5, 0.6) is 17.2 Å². The van der Waals surface area contributed by atoms with E-state index >= 15 is 0 Å². The predicted octanol–water partition coefficient (Wildman–Crippen LogP) is 9.77. The van der Waals surface area contributed by atoms with Crippen LogP contribution in [-0.2, 0) is 0 Å². The van der Waals surface area contributed by atoms with Gasteiger partial charge in [0.25, 0.3) is 0 Å². The molecule has 0 N–H and O–H groups in total. The van der Waals surface area contributed by atoms with Crippen molar-refractivity contribution in [3.05, 3.63) is 103 Å². The van der Waals surface area contributed by atoms with Crippen molar-refractivity contribution in [2.45, 2.75) is 0 Å². The van der Waals surface area contributed by atoms with Crippen LogP contribution in [0.2, 0.25) is 30.1 Å². The molecule has 0 aliphatic carbocycles. The Morgan fingerprint density at radius 2 is 0.750 bits per heavy atom. The first-order valence-electron chi connectivity index (χ1n) is 11.3. The zero-order valence-electron chi connectivity index (χ0n) is 19.7. The van der Waals surface area contributed by atoms with E-state index in [2.05, 4.69) is 15.0 Å². The topological polar surface area (TPSA) is 66.4 Å². The normalized spacial score (nSPS) is 11.5. The quantitative estimate of drug-likeness (QED) is 0.158. The molecule has 0 saturated heterocycles. The number of hydrogen-bond donors (Lipinski definition) is 0.